The van der Waals surface area contributed by atoms with E-state index in [9.17, 15) is 0 Å². The van der Waals surface area contributed by atoms with Gasteiger partial charge in [-0.2, -0.15) is 0 Å². The van der Waals surface area contributed by atoms with Crippen LogP contribution in [0.3, 0.4) is 0 Å². The highest BCUT2D eigenvalue weighted by atomic mass is 16.3. The second kappa shape index (κ2) is 10.6. The van der Waals surface area contributed by atoms with Crippen molar-refractivity contribution in [2.24, 2.45) is 0 Å². The summed E-state index contributed by atoms with van der Waals surface area (Å²) >= 11 is 0. The molecule has 0 radical (unpaired) electrons. The van der Waals surface area contributed by atoms with Gasteiger partial charge in [0.25, 0.3) is 0 Å². The van der Waals surface area contributed by atoms with Crippen LogP contribution in [0.5, 0.6) is 0 Å². The molecule has 0 saturated heterocycles. The van der Waals surface area contributed by atoms with Gasteiger partial charge in [-0.05, 0) is 142 Å². The van der Waals surface area contributed by atoms with Crippen molar-refractivity contribution in [2.45, 2.75) is 38.5 Å². The van der Waals surface area contributed by atoms with E-state index < -0.39 is 0 Å². The van der Waals surface area contributed by atoms with E-state index in [0.29, 0.717) is 0 Å². The van der Waals surface area contributed by atoms with E-state index in [1.54, 1.807) is 0 Å². The lowest BCUT2D eigenvalue weighted by atomic mass is 9.80. The van der Waals surface area contributed by atoms with E-state index in [4.69, 9.17) is 4.42 Å². The molecule has 1 aromatic heterocycles. The van der Waals surface area contributed by atoms with Crippen LogP contribution < -0.4 is 0 Å². The van der Waals surface area contributed by atoms with Gasteiger partial charge in [-0.1, -0.05) is 143 Å². The van der Waals surface area contributed by atoms with Crippen LogP contribution in [0.4, 0.5) is 0 Å². The minimum atomic E-state index is -0.125. The minimum absolute atomic E-state index is 0.0641. The number of para-hydroxylation sites is 1. The van der Waals surface area contributed by atoms with Crippen LogP contribution >= 0.6 is 0 Å². The highest BCUT2D eigenvalue weighted by Gasteiger charge is 2.37. The van der Waals surface area contributed by atoms with Gasteiger partial charge in [0.1, 0.15) is 11.2 Å². The van der Waals surface area contributed by atoms with Crippen molar-refractivity contribution in [1.29, 1.82) is 0 Å². The van der Waals surface area contributed by atoms with Crippen LogP contribution in [0.15, 0.2) is 162 Å². The molecule has 0 aliphatic heterocycles. The summed E-state index contributed by atoms with van der Waals surface area (Å²) in [5.74, 6) is 0. The maximum atomic E-state index is 6.34. The van der Waals surface area contributed by atoms with Crippen molar-refractivity contribution in [3.05, 3.63) is 180 Å². The summed E-state index contributed by atoms with van der Waals surface area (Å²) in [6.07, 6.45) is 0. The van der Waals surface area contributed by atoms with Gasteiger partial charge in [0, 0.05) is 21.6 Å². The molecule has 2 aliphatic carbocycles. The van der Waals surface area contributed by atoms with Gasteiger partial charge in [0.05, 0.1) is 0 Å². The lowest BCUT2D eigenvalue weighted by Crippen LogP contribution is -2.14. The molecule has 1 heteroatoms. The van der Waals surface area contributed by atoms with Gasteiger partial charge < -0.3 is 4.42 Å². The van der Waals surface area contributed by atoms with Gasteiger partial charge >= 0.3 is 0 Å². The first-order valence-corrected chi connectivity index (χ1v) is 19.5. The number of rotatable bonds is 2. The summed E-state index contributed by atoms with van der Waals surface area (Å²) in [4.78, 5) is 0. The molecule has 0 N–H and O–H groups in total. The van der Waals surface area contributed by atoms with E-state index in [-0.39, 0.29) is 10.8 Å². The van der Waals surface area contributed by atoms with Gasteiger partial charge in [-0.15, -0.1) is 0 Å². The van der Waals surface area contributed by atoms with Crippen molar-refractivity contribution >= 4 is 54.3 Å². The molecule has 12 rings (SSSR count). The molecule has 260 valence electrons. The first-order valence-electron chi connectivity index (χ1n) is 19.5. The number of hydrogen-bond donors (Lipinski definition) is 0. The van der Waals surface area contributed by atoms with Crippen molar-refractivity contribution in [3.63, 3.8) is 0 Å². The van der Waals surface area contributed by atoms with E-state index in [1.807, 2.05) is 6.07 Å². The molecule has 0 saturated carbocycles. The minimum Gasteiger partial charge on any atom is -0.456 e. The van der Waals surface area contributed by atoms with Gasteiger partial charge in [0.15, 0.2) is 0 Å². The monoisotopic (exact) mass is 702 g/mol. The highest BCUT2D eigenvalue weighted by molar-refractivity contribution is 6.22. The average molecular weight is 703 g/mol. The van der Waals surface area contributed by atoms with Gasteiger partial charge in [0.2, 0.25) is 0 Å². The van der Waals surface area contributed by atoms with Gasteiger partial charge in [-0.25, -0.2) is 0 Å². The Morgan fingerprint density at radius 3 is 1.55 bits per heavy atom. The average Bonchev–Trinajstić information content (AvgIpc) is 3.76. The Kier molecular flexibility index (Phi) is 5.98. The Hall–Kier alpha value is -6.44. The second-order valence-corrected chi connectivity index (χ2v) is 16.8. The van der Waals surface area contributed by atoms with Gasteiger partial charge in [-0.3, -0.25) is 0 Å². The molecule has 2 aliphatic rings. The summed E-state index contributed by atoms with van der Waals surface area (Å²) in [6.45, 7) is 9.50. The van der Waals surface area contributed by atoms with Crippen LogP contribution in [0, 0.1) is 0 Å². The predicted molar refractivity (Wildman–Crippen MR) is 232 cm³/mol. The maximum absolute atomic E-state index is 6.34. The van der Waals surface area contributed by atoms with Crippen LogP contribution in [-0.2, 0) is 10.8 Å². The molecule has 0 bridgehead atoms. The van der Waals surface area contributed by atoms with Crippen molar-refractivity contribution < 1.29 is 4.42 Å². The van der Waals surface area contributed by atoms with E-state index >= 15 is 0 Å². The topological polar surface area (TPSA) is 13.1 Å². The number of furan rings is 1. The standard InChI is InChI=1S/C54H38O/c1-53(2)45-19-11-9-13-35(45)36-23-21-32(28-47(36)53)52-40-17-7-5-15-38(40)51(39-16-6-8-18-41(39)52)31-22-24-46-42(25-31)43-26-34-30-50-44(37-14-10-12-20-49(37)55-50)27-33(34)29-48(43)54(46,3)4/h5-30H,1-4H3. The highest BCUT2D eigenvalue weighted by Crippen LogP contribution is 2.54. The Bertz CT molecular complexity index is 3260. The van der Waals surface area contributed by atoms with E-state index in [2.05, 4.69) is 179 Å². The zero-order chi connectivity index (χ0) is 36.8. The Morgan fingerprint density at radius 1 is 0.327 bits per heavy atom. The first kappa shape index (κ1) is 31.0. The summed E-state index contributed by atoms with van der Waals surface area (Å²) in [7, 11) is 0. The van der Waals surface area contributed by atoms with Crippen LogP contribution in [0.25, 0.3) is 98.8 Å². The maximum Gasteiger partial charge on any atom is 0.136 e. The fourth-order valence-corrected chi connectivity index (χ4v) is 10.5. The Labute approximate surface area is 320 Å². The molecule has 0 fully saturated rings. The number of hydrogen-bond acceptors (Lipinski definition) is 1. The van der Waals surface area contributed by atoms with Crippen LogP contribution in [0.1, 0.15) is 49.9 Å². The molecule has 10 aromatic rings. The van der Waals surface area contributed by atoms with E-state index in [1.165, 1.54) is 110 Å². The summed E-state index contributed by atoms with van der Waals surface area (Å²) in [5.41, 5.74) is 17.7. The third-order valence-corrected chi connectivity index (χ3v) is 13.2. The quantitative estimate of drug-likeness (QED) is 0.163. The van der Waals surface area contributed by atoms with Crippen molar-refractivity contribution in [2.75, 3.05) is 0 Å². The molecule has 0 unspecified atom stereocenters. The molecule has 0 spiro atoms. The van der Waals surface area contributed by atoms with Crippen LogP contribution in [-0.4, -0.2) is 0 Å². The molecule has 55 heavy (non-hydrogen) atoms. The summed E-state index contributed by atoms with van der Waals surface area (Å²) in [6, 6.07) is 59.2. The third kappa shape index (κ3) is 4.08. The zero-order valence-electron chi connectivity index (χ0n) is 31.4. The molecule has 9 aromatic carbocycles. The molecule has 1 heterocycles. The lowest BCUT2D eigenvalue weighted by molar-refractivity contribution is 0.660. The zero-order valence-corrected chi connectivity index (χ0v) is 31.4. The molecule has 0 atom stereocenters. The molecular formula is C54H38O. The fourth-order valence-electron chi connectivity index (χ4n) is 10.5. The molecular weight excluding hydrogens is 665 g/mol. The smallest absolute Gasteiger partial charge is 0.136 e. The first-order chi connectivity index (χ1) is 26.8. The Balaban J connectivity index is 1.07. The Morgan fingerprint density at radius 2 is 0.836 bits per heavy atom. The van der Waals surface area contributed by atoms with Crippen molar-refractivity contribution in [1.82, 2.24) is 0 Å². The second-order valence-electron chi connectivity index (χ2n) is 16.8. The van der Waals surface area contributed by atoms with E-state index in [0.717, 1.165) is 11.2 Å². The summed E-state index contributed by atoms with van der Waals surface area (Å²) in [5, 5.41) is 9.94. The molecule has 0 amide bonds. The third-order valence-electron chi connectivity index (χ3n) is 13.2. The predicted octanol–water partition coefficient (Wildman–Crippen LogP) is 15.0. The SMILES string of the molecule is CC1(C)c2ccccc2-c2ccc(-c3c4ccccc4c(-c4ccc5c(c4)-c4cc6cc7oc8ccccc8c7cc6cc4C5(C)C)c4ccccc34)cc21. The number of benzene rings is 9. The summed E-state index contributed by atoms with van der Waals surface area (Å²) < 4.78 is 6.34. The van der Waals surface area contributed by atoms with Crippen molar-refractivity contribution in [3.8, 4) is 44.5 Å². The fraction of sp³-hybridized carbons (Fsp3) is 0.111. The normalized spacial score (nSPS) is 14.8. The lowest BCUT2D eigenvalue weighted by Gasteiger charge is -2.23. The number of fused-ring (bicyclic) bond motifs is 12. The van der Waals surface area contributed by atoms with Crippen LogP contribution in [0.2, 0.25) is 0 Å². The molecule has 1 nitrogen and oxygen atoms in total. The largest absolute Gasteiger partial charge is 0.456 e.